The van der Waals surface area contributed by atoms with E-state index in [2.05, 4.69) is 5.32 Å². The van der Waals surface area contributed by atoms with Crippen molar-refractivity contribution in [3.8, 4) is 11.5 Å². The van der Waals surface area contributed by atoms with Gasteiger partial charge < -0.3 is 19.7 Å². The molecule has 0 radical (unpaired) electrons. The lowest BCUT2D eigenvalue weighted by Gasteiger charge is -2.22. The third-order valence-corrected chi connectivity index (χ3v) is 5.32. The first-order valence-corrected chi connectivity index (χ1v) is 10.6. The van der Waals surface area contributed by atoms with Gasteiger partial charge in [-0.1, -0.05) is 49.2 Å². The summed E-state index contributed by atoms with van der Waals surface area (Å²) in [7, 11) is 0. The van der Waals surface area contributed by atoms with Gasteiger partial charge in [0.15, 0.2) is 11.5 Å². The van der Waals surface area contributed by atoms with Crippen LogP contribution in [0.3, 0.4) is 0 Å². The minimum atomic E-state index is -0.348. The Morgan fingerprint density at radius 3 is 2.39 bits per heavy atom. The molecule has 0 bridgehead atoms. The molecule has 4 rings (SSSR count). The van der Waals surface area contributed by atoms with E-state index in [1.54, 1.807) is 18.2 Å². The summed E-state index contributed by atoms with van der Waals surface area (Å²) in [6.45, 7) is 1.59. The largest absolute Gasteiger partial charge is 0.454 e. The Morgan fingerprint density at radius 1 is 0.871 bits per heavy atom. The summed E-state index contributed by atoms with van der Waals surface area (Å²) >= 11 is 0. The first-order chi connectivity index (χ1) is 15.2. The van der Waals surface area contributed by atoms with E-state index in [-0.39, 0.29) is 24.3 Å². The highest BCUT2D eigenvalue weighted by Crippen LogP contribution is 2.33. The molecule has 160 valence electrons. The van der Waals surface area contributed by atoms with Gasteiger partial charge >= 0.3 is 0 Å². The predicted molar refractivity (Wildman–Crippen MR) is 119 cm³/mol. The molecular formula is C25H26N2O4. The number of carbonyl (C=O) groups is 2. The van der Waals surface area contributed by atoms with Crippen molar-refractivity contribution in [2.75, 3.05) is 19.9 Å². The highest BCUT2D eigenvalue weighted by molar-refractivity contribution is 6.04. The Labute approximate surface area is 182 Å². The van der Waals surface area contributed by atoms with Crippen LogP contribution in [0.2, 0.25) is 0 Å². The summed E-state index contributed by atoms with van der Waals surface area (Å²) in [5.41, 5.74) is 1.93. The van der Waals surface area contributed by atoms with Gasteiger partial charge in [-0.05, 0) is 48.3 Å². The number of ether oxygens (including phenoxy) is 2. The van der Waals surface area contributed by atoms with Gasteiger partial charge in [-0.3, -0.25) is 9.59 Å². The molecule has 2 aromatic rings. The number of amides is 2. The molecule has 0 unspecified atom stereocenters. The molecule has 2 amide bonds. The van der Waals surface area contributed by atoms with Gasteiger partial charge in [0, 0.05) is 19.2 Å². The summed E-state index contributed by atoms with van der Waals surface area (Å²) in [6.07, 6.45) is 9.07. The van der Waals surface area contributed by atoms with Gasteiger partial charge in [-0.25, -0.2) is 0 Å². The lowest BCUT2D eigenvalue weighted by Crippen LogP contribution is -2.38. The Hall–Kier alpha value is -3.54. The molecule has 0 saturated carbocycles. The van der Waals surface area contributed by atoms with Gasteiger partial charge in [0.25, 0.3) is 5.91 Å². The Balaban J connectivity index is 1.56. The first kappa shape index (κ1) is 20.7. The van der Waals surface area contributed by atoms with E-state index >= 15 is 0 Å². The quantitative estimate of drug-likeness (QED) is 0.746. The number of fused-ring (bicyclic) bond motifs is 1. The fraction of sp³-hybridized carbons (Fsp3) is 0.280. The van der Waals surface area contributed by atoms with Gasteiger partial charge in [-0.2, -0.15) is 0 Å². The summed E-state index contributed by atoms with van der Waals surface area (Å²) in [5.74, 6) is 0.790. The van der Waals surface area contributed by atoms with Crippen LogP contribution in [0.4, 0.5) is 0 Å². The Kier molecular flexibility index (Phi) is 6.67. The summed E-state index contributed by atoms with van der Waals surface area (Å²) < 4.78 is 10.8. The SMILES string of the molecule is O=C(/C=C/c1ccccc1)N/C(=C\c1ccc2c(c1)OCO2)C(=O)N1CCCCCC1. The Bertz CT molecular complexity index is 990. The van der Waals surface area contributed by atoms with Crippen LogP contribution in [0.5, 0.6) is 11.5 Å². The third kappa shape index (κ3) is 5.54. The molecular weight excluding hydrogens is 392 g/mol. The number of hydrogen-bond acceptors (Lipinski definition) is 4. The van der Waals surface area contributed by atoms with Crippen molar-refractivity contribution >= 4 is 24.0 Å². The van der Waals surface area contributed by atoms with Crippen LogP contribution in [0.1, 0.15) is 36.8 Å². The fourth-order valence-corrected chi connectivity index (χ4v) is 3.68. The summed E-state index contributed by atoms with van der Waals surface area (Å²) in [4.78, 5) is 27.7. The zero-order chi connectivity index (χ0) is 21.5. The van der Waals surface area contributed by atoms with Gasteiger partial charge in [0.05, 0.1) is 0 Å². The van der Waals surface area contributed by atoms with E-state index in [1.807, 2.05) is 47.4 Å². The summed E-state index contributed by atoms with van der Waals surface area (Å²) in [6, 6.07) is 15.0. The maximum Gasteiger partial charge on any atom is 0.270 e. The number of benzene rings is 2. The van der Waals surface area contributed by atoms with E-state index in [9.17, 15) is 9.59 Å². The number of hydrogen-bond donors (Lipinski definition) is 1. The molecule has 0 atom stereocenters. The van der Waals surface area contributed by atoms with Crippen LogP contribution < -0.4 is 14.8 Å². The third-order valence-electron chi connectivity index (χ3n) is 5.32. The minimum Gasteiger partial charge on any atom is -0.454 e. The molecule has 2 heterocycles. The molecule has 6 heteroatoms. The second kappa shape index (κ2) is 9.98. The first-order valence-electron chi connectivity index (χ1n) is 10.6. The van der Waals surface area contributed by atoms with Gasteiger partial charge in [0.2, 0.25) is 12.7 Å². The molecule has 0 spiro atoms. The lowest BCUT2D eigenvalue weighted by molar-refractivity contribution is -0.128. The number of nitrogens with zero attached hydrogens (tertiary/aromatic N) is 1. The van der Waals surface area contributed by atoms with E-state index in [0.29, 0.717) is 24.6 Å². The molecule has 2 aromatic carbocycles. The number of carbonyl (C=O) groups excluding carboxylic acids is 2. The molecule has 1 N–H and O–H groups in total. The standard InChI is InChI=1S/C25H26N2O4/c28-24(13-11-19-8-4-3-5-9-19)26-21(25(29)27-14-6-1-2-7-15-27)16-20-10-12-22-23(17-20)31-18-30-22/h3-5,8-13,16-17H,1-2,6-7,14-15,18H2,(H,26,28)/b13-11+,21-16-. The fourth-order valence-electron chi connectivity index (χ4n) is 3.68. The molecule has 0 aromatic heterocycles. The molecule has 2 aliphatic heterocycles. The van der Waals surface area contributed by atoms with Crippen LogP contribution in [0.25, 0.3) is 12.2 Å². The predicted octanol–water partition coefficient (Wildman–Crippen LogP) is 3.99. The molecule has 1 fully saturated rings. The lowest BCUT2D eigenvalue weighted by atomic mass is 10.1. The molecule has 1 saturated heterocycles. The maximum atomic E-state index is 13.3. The monoisotopic (exact) mass is 418 g/mol. The van der Waals surface area contributed by atoms with Crippen molar-refractivity contribution in [3.05, 3.63) is 71.4 Å². The number of likely N-dealkylation sites (tertiary alicyclic amines) is 1. The molecule has 0 aliphatic carbocycles. The van der Waals surface area contributed by atoms with Crippen LogP contribution in [-0.4, -0.2) is 36.6 Å². The van der Waals surface area contributed by atoms with Crippen molar-refractivity contribution in [1.29, 1.82) is 0 Å². The Morgan fingerprint density at radius 2 is 1.61 bits per heavy atom. The molecule has 31 heavy (non-hydrogen) atoms. The van der Waals surface area contributed by atoms with Crippen molar-refractivity contribution in [2.45, 2.75) is 25.7 Å². The zero-order valence-corrected chi connectivity index (χ0v) is 17.4. The topological polar surface area (TPSA) is 67.9 Å². The van der Waals surface area contributed by atoms with E-state index in [1.165, 1.54) is 6.08 Å². The van der Waals surface area contributed by atoms with Gasteiger partial charge in [0.1, 0.15) is 5.70 Å². The van der Waals surface area contributed by atoms with Crippen molar-refractivity contribution < 1.29 is 19.1 Å². The molecule has 2 aliphatic rings. The smallest absolute Gasteiger partial charge is 0.270 e. The van der Waals surface area contributed by atoms with Gasteiger partial charge in [-0.15, -0.1) is 0 Å². The number of rotatable bonds is 5. The molecule has 6 nitrogen and oxygen atoms in total. The second-order valence-electron chi connectivity index (χ2n) is 7.61. The maximum absolute atomic E-state index is 13.3. The highest BCUT2D eigenvalue weighted by Gasteiger charge is 2.21. The van der Waals surface area contributed by atoms with E-state index in [4.69, 9.17) is 9.47 Å². The van der Waals surface area contributed by atoms with Crippen molar-refractivity contribution in [3.63, 3.8) is 0 Å². The van der Waals surface area contributed by atoms with Crippen molar-refractivity contribution in [1.82, 2.24) is 10.2 Å². The average Bonchev–Trinajstić information content (AvgIpc) is 3.09. The van der Waals surface area contributed by atoms with Crippen LogP contribution >= 0.6 is 0 Å². The number of nitrogens with one attached hydrogen (secondary N) is 1. The average molecular weight is 418 g/mol. The van der Waals surface area contributed by atoms with Crippen LogP contribution in [0, 0.1) is 0 Å². The van der Waals surface area contributed by atoms with E-state index < -0.39 is 0 Å². The minimum absolute atomic E-state index is 0.166. The van der Waals surface area contributed by atoms with Crippen LogP contribution in [-0.2, 0) is 9.59 Å². The van der Waals surface area contributed by atoms with Crippen molar-refractivity contribution in [2.24, 2.45) is 0 Å². The van der Waals surface area contributed by atoms with E-state index in [0.717, 1.165) is 36.8 Å². The second-order valence-corrected chi connectivity index (χ2v) is 7.61. The van der Waals surface area contributed by atoms with Crippen LogP contribution in [0.15, 0.2) is 60.3 Å². The summed E-state index contributed by atoms with van der Waals surface area (Å²) in [5, 5.41) is 2.79. The normalized spacial score (nSPS) is 16.3. The zero-order valence-electron chi connectivity index (χ0n) is 17.4. The highest BCUT2D eigenvalue weighted by atomic mass is 16.7.